The van der Waals surface area contributed by atoms with Crippen molar-refractivity contribution >= 4 is 38.4 Å². The summed E-state index contributed by atoms with van der Waals surface area (Å²) in [4.78, 5) is 69.8. The minimum atomic E-state index is -3.52. The SMILES string of the molecule is CC(C)(C)OC(=O)N[C@@H](CC(=O)OCc1ccccc1)C(=O)N[C@@H](Cc1ccccc1)C(=O)N[C@@H](Cc1ccccc1)C(=O)O[Si](OCCc1ccccc1)(C(C)(C)C)C(C)(C)C. The molecule has 0 bridgehead atoms. The molecule has 0 saturated carbocycles. The number of carbonyl (C=O) groups is 5. The quantitative estimate of drug-likeness (QED) is 0.0623. The van der Waals surface area contributed by atoms with Crippen molar-refractivity contribution < 1.29 is 42.3 Å². The summed E-state index contributed by atoms with van der Waals surface area (Å²) in [6.45, 7) is 17.3. The van der Waals surface area contributed by atoms with E-state index in [1.54, 1.807) is 69.3 Å². The van der Waals surface area contributed by atoms with Crippen molar-refractivity contribution in [2.75, 3.05) is 6.61 Å². The first-order valence-corrected chi connectivity index (χ1v) is 23.3. The molecule has 0 saturated heterocycles. The average molecular weight is 880 g/mol. The van der Waals surface area contributed by atoms with Crippen molar-refractivity contribution in [3.05, 3.63) is 144 Å². The maximum atomic E-state index is 14.8. The molecular weight excluding hydrogens is 815 g/mol. The van der Waals surface area contributed by atoms with Crippen molar-refractivity contribution in [1.82, 2.24) is 16.0 Å². The fourth-order valence-corrected chi connectivity index (χ4v) is 11.9. The Morgan fingerprint density at radius 3 is 1.44 bits per heavy atom. The second kappa shape index (κ2) is 22.5. The third-order valence-corrected chi connectivity index (χ3v) is 15.2. The van der Waals surface area contributed by atoms with Gasteiger partial charge in [-0.1, -0.05) is 163 Å². The number of amides is 3. The van der Waals surface area contributed by atoms with E-state index in [0.29, 0.717) is 18.6 Å². The van der Waals surface area contributed by atoms with Crippen molar-refractivity contribution in [2.24, 2.45) is 0 Å². The van der Waals surface area contributed by atoms with Gasteiger partial charge < -0.3 is 34.3 Å². The van der Waals surface area contributed by atoms with Gasteiger partial charge in [-0.2, -0.15) is 0 Å². The Bertz CT molecular complexity index is 2070. The molecule has 0 spiro atoms. The second-order valence-electron chi connectivity index (χ2n) is 18.7. The van der Waals surface area contributed by atoms with Crippen LogP contribution in [-0.4, -0.2) is 68.7 Å². The maximum Gasteiger partial charge on any atom is 0.412 e. The van der Waals surface area contributed by atoms with E-state index in [4.69, 9.17) is 18.3 Å². The molecule has 0 unspecified atom stereocenters. The minimum absolute atomic E-state index is 0.00833. The van der Waals surface area contributed by atoms with Gasteiger partial charge in [-0.25, -0.2) is 4.79 Å². The number of alkyl carbamates (subject to hydrolysis) is 1. The van der Waals surface area contributed by atoms with E-state index >= 15 is 0 Å². The number of benzene rings is 4. The summed E-state index contributed by atoms with van der Waals surface area (Å²) in [6, 6.07) is 33.3. The molecule has 13 heteroatoms. The lowest BCUT2D eigenvalue weighted by molar-refractivity contribution is -0.147. The number of hydrogen-bond donors (Lipinski definition) is 3. The van der Waals surface area contributed by atoms with Gasteiger partial charge in [0.1, 0.15) is 30.3 Å². The van der Waals surface area contributed by atoms with Crippen LogP contribution < -0.4 is 16.0 Å². The Morgan fingerprint density at radius 1 is 0.540 bits per heavy atom. The van der Waals surface area contributed by atoms with E-state index < -0.39 is 78.6 Å². The van der Waals surface area contributed by atoms with E-state index in [2.05, 4.69) is 16.0 Å². The predicted molar refractivity (Wildman–Crippen MR) is 246 cm³/mol. The standard InChI is InChI=1S/C50H65N3O9Si/c1-48(2,3)61-47(58)53-41(34-43(54)59-35-39-28-20-13-21-29-39)45(56)51-40(32-37-24-16-11-17-25-37)44(55)52-42(33-38-26-18-12-19-27-38)46(57)62-63(49(4,5)6,50(7,8)9)60-31-30-36-22-14-10-15-23-36/h10-29,40-42H,30-35H2,1-9H3,(H,51,56)(H,52,55)(H,53,58)/t40-,41-,42-/m0/s1. The van der Waals surface area contributed by atoms with Crippen LogP contribution in [0.1, 0.15) is 91.0 Å². The average Bonchev–Trinajstić information content (AvgIpc) is 3.21. The van der Waals surface area contributed by atoms with Gasteiger partial charge in [0.2, 0.25) is 11.8 Å². The zero-order chi connectivity index (χ0) is 46.3. The lowest BCUT2D eigenvalue weighted by Gasteiger charge is -2.48. The van der Waals surface area contributed by atoms with Gasteiger partial charge in [0.15, 0.2) is 0 Å². The lowest BCUT2D eigenvalue weighted by atomic mass is 10.0. The number of hydrogen-bond acceptors (Lipinski definition) is 9. The molecule has 0 radical (unpaired) electrons. The van der Waals surface area contributed by atoms with Crippen LogP contribution in [0.4, 0.5) is 4.79 Å². The second-order valence-corrected chi connectivity index (χ2v) is 23.4. The van der Waals surface area contributed by atoms with Gasteiger partial charge in [0.25, 0.3) is 0 Å². The number of ether oxygens (including phenoxy) is 2. The van der Waals surface area contributed by atoms with E-state index in [1.165, 1.54) is 0 Å². The van der Waals surface area contributed by atoms with Crippen LogP contribution in [0, 0.1) is 0 Å². The monoisotopic (exact) mass is 879 g/mol. The van der Waals surface area contributed by atoms with Crippen molar-refractivity contribution in [3.8, 4) is 0 Å². The molecule has 4 aromatic carbocycles. The summed E-state index contributed by atoms with van der Waals surface area (Å²) < 4.78 is 24.4. The van der Waals surface area contributed by atoms with E-state index in [-0.39, 0.29) is 19.4 Å². The molecule has 0 aliphatic heterocycles. The molecule has 12 nitrogen and oxygen atoms in total. The van der Waals surface area contributed by atoms with Gasteiger partial charge in [0.05, 0.1) is 6.42 Å². The van der Waals surface area contributed by atoms with Gasteiger partial charge in [-0.15, -0.1) is 0 Å². The lowest BCUT2D eigenvalue weighted by Crippen LogP contribution is -2.62. The molecule has 4 rings (SSSR count). The molecule has 63 heavy (non-hydrogen) atoms. The third kappa shape index (κ3) is 15.8. The maximum absolute atomic E-state index is 14.8. The van der Waals surface area contributed by atoms with Gasteiger partial charge in [-0.05, 0) is 49.4 Å². The van der Waals surface area contributed by atoms with Crippen molar-refractivity contribution in [2.45, 2.75) is 128 Å². The Labute approximate surface area is 374 Å². The summed E-state index contributed by atoms with van der Waals surface area (Å²) in [5.41, 5.74) is 2.38. The fourth-order valence-electron chi connectivity index (χ4n) is 7.33. The Hall–Kier alpha value is -5.79. The molecule has 3 N–H and O–H groups in total. The van der Waals surface area contributed by atoms with Gasteiger partial charge in [-0.3, -0.25) is 19.2 Å². The highest BCUT2D eigenvalue weighted by molar-refractivity contribution is 6.74. The van der Waals surface area contributed by atoms with E-state index in [0.717, 1.165) is 16.7 Å². The minimum Gasteiger partial charge on any atom is -0.492 e. The summed E-state index contributed by atoms with van der Waals surface area (Å²) in [6.07, 6.45) is -0.801. The molecule has 0 aliphatic rings. The Morgan fingerprint density at radius 2 is 0.968 bits per heavy atom. The number of nitrogens with one attached hydrogen (secondary N) is 3. The Balaban J connectivity index is 1.66. The van der Waals surface area contributed by atoms with E-state index in [1.807, 2.05) is 114 Å². The van der Waals surface area contributed by atoms with Crippen molar-refractivity contribution in [1.29, 1.82) is 0 Å². The molecule has 3 amide bonds. The van der Waals surface area contributed by atoms with Gasteiger partial charge >= 0.3 is 26.6 Å². The molecule has 3 atom stereocenters. The van der Waals surface area contributed by atoms with Gasteiger partial charge in [0, 0.05) is 29.5 Å². The van der Waals surface area contributed by atoms with Crippen LogP contribution in [0.15, 0.2) is 121 Å². The third-order valence-electron chi connectivity index (χ3n) is 10.2. The molecule has 0 aliphatic carbocycles. The molecule has 338 valence electrons. The zero-order valence-electron chi connectivity index (χ0n) is 38.2. The summed E-state index contributed by atoms with van der Waals surface area (Å²) in [5, 5.41) is 6.99. The molecule has 0 fully saturated rings. The van der Waals surface area contributed by atoms with Crippen LogP contribution in [0.2, 0.25) is 10.1 Å². The number of carbonyl (C=O) groups excluding carboxylic acids is 5. The van der Waals surface area contributed by atoms with Crippen LogP contribution in [-0.2, 0) is 63.4 Å². The normalized spacial score (nSPS) is 13.4. The number of esters is 1. The largest absolute Gasteiger partial charge is 0.492 e. The Kier molecular flexibility index (Phi) is 17.8. The van der Waals surface area contributed by atoms with Crippen LogP contribution in [0.3, 0.4) is 0 Å². The zero-order valence-corrected chi connectivity index (χ0v) is 39.2. The smallest absolute Gasteiger partial charge is 0.412 e. The van der Waals surface area contributed by atoms with E-state index in [9.17, 15) is 24.0 Å². The van der Waals surface area contributed by atoms with Crippen molar-refractivity contribution in [3.63, 3.8) is 0 Å². The predicted octanol–water partition coefficient (Wildman–Crippen LogP) is 8.31. The highest BCUT2D eigenvalue weighted by Crippen LogP contribution is 2.52. The highest BCUT2D eigenvalue weighted by atomic mass is 28.4. The fraction of sp³-hybridized carbons (Fsp3) is 0.420. The van der Waals surface area contributed by atoms with Crippen LogP contribution in [0.5, 0.6) is 0 Å². The first kappa shape index (κ1) is 49.9. The molecule has 0 aromatic heterocycles. The van der Waals surface area contributed by atoms with Crippen LogP contribution in [0.25, 0.3) is 0 Å². The first-order chi connectivity index (χ1) is 29.7. The number of rotatable bonds is 19. The van der Waals surface area contributed by atoms with Crippen LogP contribution >= 0.6 is 0 Å². The highest BCUT2D eigenvalue weighted by Gasteiger charge is 2.61. The molecular formula is C50H65N3O9Si. The first-order valence-electron chi connectivity index (χ1n) is 21.4. The molecule has 0 heterocycles. The topological polar surface area (TPSA) is 158 Å². The summed E-state index contributed by atoms with van der Waals surface area (Å²) in [5.74, 6) is -2.95. The summed E-state index contributed by atoms with van der Waals surface area (Å²) in [7, 11) is -3.52. The molecule has 4 aromatic rings. The summed E-state index contributed by atoms with van der Waals surface area (Å²) >= 11 is 0.